The van der Waals surface area contributed by atoms with Crippen LogP contribution in [-0.4, -0.2) is 35.0 Å². The van der Waals surface area contributed by atoms with Crippen LogP contribution in [0.1, 0.15) is 25.5 Å². The Kier molecular flexibility index (Phi) is 5.42. The predicted molar refractivity (Wildman–Crippen MR) is 63.1 cm³/mol. The third-order valence-electron chi connectivity index (χ3n) is 2.25. The zero-order valence-corrected chi connectivity index (χ0v) is 10.7. The lowest BCUT2D eigenvalue weighted by atomic mass is 10.1. The molecule has 0 bridgehead atoms. The van der Waals surface area contributed by atoms with Crippen molar-refractivity contribution in [1.82, 2.24) is 20.1 Å². The fourth-order valence-corrected chi connectivity index (χ4v) is 1.45. The Morgan fingerprint density at radius 3 is 2.81 bits per heavy atom. The van der Waals surface area contributed by atoms with Crippen molar-refractivity contribution < 1.29 is 4.74 Å². The Morgan fingerprint density at radius 1 is 1.44 bits per heavy atom. The van der Waals surface area contributed by atoms with Crippen LogP contribution in [0.25, 0.3) is 0 Å². The minimum absolute atomic E-state index is 0.594. The summed E-state index contributed by atoms with van der Waals surface area (Å²) in [7, 11) is 3.63. The van der Waals surface area contributed by atoms with Crippen molar-refractivity contribution in [3.8, 4) is 0 Å². The van der Waals surface area contributed by atoms with Crippen LogP contribution in [-0.2, 0) is 24.8 Å². The first-order valence-electron chi connectivity index (χ1n) is 5.72. The molecule has 0 saturated heterocycles. The number of ether oxygens (including phenoxy) is 1. The van der Waals surface area contributed by atoms with E-state index in [1.165, 1.54) is 0 Å². The molecule has 1 rings (SSSR count). The van der Waals surface area contributed by atoms with Gasteiger partial charge in [-0.1, -0.05) is 13.8 Å². The van der Waals surface area contributed by atoms with Crippen LogP contribution in [0, 0.1) is 5.92 Å². The van der Waals surface area contributed by atoms with E-state index in [0.717, 1.165) is 37.8 Å². The number of nitrogens with zero attached hydrogens (tertiary/aromatic N) is 3. The number of aryl methyl sites for hydroxylation is 1. The Labute approximate surface area is 97.2 Å². The quantitative estimate of drug-likeness (QED) is 0.697. The molecule has 1 heterocycles. The highest BCUT2D eigenvalue weighted by atomic mass is 16.5. The fourth-order valence-electron chi connectivity index (χ4n) is 1.45. The summed E-state index contributed by atoms with van der Waals surface area (Å²) < 4.78 is 6.81. The van der Waals surface area contributed by atoms with Gasteiger partial charge in [0.1, 0.15) is 5.82 Å². The predicted octanol–water partition coefficient (Wildman–Crippen LogP) is 0.750. The van der Waals surface area contributed by atoms with Crippen molar-refractivity contribution >= 4 is 0 Å². The molecule has 5 nitrogen and oxygen atoms in total. The number of rotatable bonds is 7. The highest BCUT2D eigenvalue weighted by Crippen LogP contribution is 2.04. The highest BCUT2D eigenvalue weighted by Gasteiger charge is 2.07. The van der Waals surface area contributed by atoms with Crippen LogP contribution in [0.4, 0.5) is 0 Å². The minimum atomic E-state index is 0.594. The smallest absolute Gasteiger partial charge is 0.151 e. The summed E-state index contributed by atoms with van der Waals surface area (Å²) in [6, 6.07) is 0. The molecule has 0 amide bonds. The molecule has 0 aromatic carbocycles. The van der Waals surface area contributed by atoms with Gasteiger partial charge in [-0.3, -0.25) is 4.68 Å². The van der Waals surface area contributed by atoms with Crippen LogP contribution >= 0.6 is 0 Å². The van der Waals surface area contributed by atoms with Gasteiger partial charge >= 0.3 is 0 Å². The topological polar surface area (TPSA) is 52.0 Å². The maximum Gasteiger partial charge on any atom is 0.151 e. The normalized spacial score (nSPS) is 11.3. The number of hydrogen-bond acceptors (Lipinski definition) is 4. The lowest BCUT2D eigenvalue weighted by Crippen LogP contribution is -2.20. The first-order valence-corrected chi connectivity index (χ1v) is 5.72. The SMILES string of the molecule is COCCNCc1nc(CC(C)C)nn1C. The lowest BCUT2D eigenvalue weighted by Gasteiger charge is -2.02. The van der Waals surface area contributed by atoms with E-state index >= 15 is 0 Å². The van der Waals surface area contributed by atoms with Crippen LogP contribution in [0.2, 0.25) is 0 Å². The maximum atomic E-state index is 4.96. The Bertz CT molecular complexity index is 309. The van der Waals surface area contributed by atoms with Gasteiger partial charge in [0.15, 0.2) is 5.82 Å². The largest absolute Gasteiger partial charge is 0.383 e. The summed E-state index contributed by atoms with van der Waals surface area (Å²) in [4.78, 5) is 4.50. The summed E-state index contributed by atoms with van der Waals surface area (Å²) in [6.07, 6.45) is 0.936. The summed E-state index contributed by atoms with van der Waals surface area (Å²) in [5, 5.41) is 7.65. The molecule has 1 aromatic rings. The Balaban J connectivity index is 2.43. The van der Waals surface area contributed by atoms with Crippen molar-refractivity contribution in [3.05, 3.63) is 11.6 Å². The average molecular weight is 226 g/mol. The van der Waals surface area contributed by atoms with E-state index < -0.39 is 0 Å². The molecule has 1 N–H and O–H groups in total. The van der Waals surface area contributed by atoms with Gasteiger partial charge in [-0.2, -0.15) is 5.10 Å². The molecule has 0 aliphatic carbocycles. The molecule has 0 atom stereocenters. The molecule has 0 radical (unpaired) electrons. The summed E-state index contributed by atoms with van der Waals surface area (Å²) in [5.41, 5.74) is 0. The van der Waals surface area contributed by atoms with Gasteiger partial charge in [0.25, 0.3) is 0 Å². The van der Waals surface area contributed by atoms with E-state index in [-0.39, 0.29) is 0 Å². The van der Waals surface area contributed by atoms with Gasteiger partial charge in [-0.15, -0.1) is 0 Å². The van der Waals surface area contributed by atoms with Gasteiger partial charge in [0.05, 0.1) is 13.2 Å². The molecular weight excluding hydrogens is 204 g/mol. The zero-order chi connectivity index (χ0) is 12.0. The van der Waals surface area contributed by atoms with E-state index in [4.69, 9.17) is 4.74 Å². The fraction of sp³-hybridized carbons (Fsp3) is 0.818. The second kappa shape index (κ2) is 6.60. The molecule has 0 aliphatic rings. The molecule has 16 heavy (non-hydrogen) atoms. The summed E-state index contributed by atoms with van der Waals surface area (Å²) >= 11 is 0. The monoisotopic (exact) mass is 226 g/mol. The third-order valence-corrected chi connectivity index (χ3v) is 2.25. The van der Waals surface area contributed by atoms with Crippen molar-refractivity contribution in [2.24, 2.45) is 13.0 Å². The molecule has 5 heteroatoms. The summed E-state index contributed by atoms with van der Waals surface area (Å²) in [6.45, 7) is 6.64. The number of nitrogens with one attached hydrogen (secondary N) is 1. The van der Waals surface area contributed by atoms with Gasteiger partial charge < -0.3 is 10.1 Å². The van der Waals surface area contributed by atoms with Crippen molar-refractivity contribution in [1.29, 1.82) is 0 Å². The second-order valence-corrected chi connectivity index (χ2v) is 4.34. The Hall–Kier alpha value is -0.940. The third kappa shape index (κ3) is 4.28. The van der Waals surface area contributed by atoms with Crippen LogP contribution in [0.15, 0.2) is 0 Å². The maximum absolute atomic E-state index is 4.96. The van der Waals surface area contributed by atoms with Crippen LogP contribution in [0.5, 0.6) is 0 Å². The van der Waals surface area contributed by atoms with Crippen molar-refractivity contribution in [2.75, 3.05) is 20.3 Å². The number of methoxy groups -OCH3 is 1. The van der Waals surface area contributed by atoms with Gasteiger partial charge in [-0.25, -0.2) is 4.98 Å². The lowest BCUT2D eigenvalue weighted by molar-refractivity contribution is 0.199. The molecule has 92 valence electrons. The average Bonchev–Trinajstić information content (AvgIpc) is 2.53. The molecule has 0 spiro atoms. The molecular formula is C11H22N4O. The number of aromatic nitrogens is 3. The second-order valence-electron chi connectivity index (χ2n) is 4.34. The van der Waals surface area contributed by atoms with Gasteiger partial charge in [0.2, 0.25) is 0 Å². The Morgan fingerprint density at radius 2 is 2.19 bits per heavy atom. The molecule has 0 saturated carbocycles. The highest BCUT2D eigenvalue weighted by molar-refractivity contribution is 4.93. The summed E-state index contributed by atoms with van der Waals surface area (Å²) in [5.74, 6) is 2.50. The van der Waals surface area contributed by atoms with Gasteiger partial charge in [-0.05, 0) is 5.92 Å². The molecule has 1 aromatic heterocycles. The molecule has 0 aliphatic heterocycles. The minimum Gasteiger partial charge on any atom is -0.383 e. The molecule has 0 unspecified atom stereocenters. The first kappa shape index (κ1) is 13.1. The number of hydrogen-bond donors (Lipinski definition) is 1. The van der Waals surface area contributed by atoms with Crippen LogP contribution in [0.3, 0.4) is 0 Å². The van der Waals surface area contributed by atoms with Crippen molar-refractivity contribution in [2.45, 2.75) is 26.8 Å². The van der Waals surface area contributed by atoms with E-state index in [9.17, 15) is 0 Å². The van der Waals surface area contributed by atoms with E-state index in [1.54, 1.807) is 7.11 Å². The van der Waals surface area contributed by atoms with E-state index in [0.29, 0.717) is 5.92 Å². The first-order chi connectivity index (χ1) is 7.63. The standard InChI is InChI=1S/C11H22N4O/c1-9(2)7-10-13-11(15(3)14-10)8-12-5-6-16-4/h9,12H,5-8H2,1-4H3. The van der Waals surface area contributed by atoms with Gasteiger partial charge in [0, 0.05) is 27.1 Å². The van der Waals surface area contributed by atoms with Crippen molar-refractivity contribution in [3.63, 3.8) is 0 Å². The molecule has 0 fully saturated rings. The zero-order valence-electron chi connectivity index (χ0n) is 10.7. The van der Waals surface area contributed by atoms with E-state index in [1.807, 2.05) is 11.7 Å². The van der Waals surface area contributed by atoms with Crippen LogP contribution < -0.4 is 5.32 Å². The van der Waals surface area contributed by atoms with E-state index in [2.05, 4.69) is 29.2 Å².